The third kappa shape index (κ3) is 4.64. The Morgan fingerprint density at radius 1 is 0.474 bits per heavy atom. The van der Waals surface area contributed by atoms with Crippen LogP contribution in [0, 0.1) is 17.8 Å². The molecule has 0 unspecified atom stereocenters. The van der Waals surface area contributed by atoms with E-state index in [1.54, 1.807) is 90.4 Å². The fourth-order valence-electron chi connectivity index (χ4n) is 5.12. The van der Waals surface area contributed by atoms with Crippen LogP contribution < -0.4 is 0 Å². The minimum atomic E-state index is -1.02. The molecule has 0 amide bonds. The van der Waals surface area contributed by atoms with Crippen molar-refractivity contribution in [2.24, 2.45) is 17.8 Å². The van der Waals surface area contributed by atoms with Crippen LogP contribution in [-0.4, -0.2) is 19.8 Å². The zero-order valence-corrected chi connectivity index (χ0v) is 15.7. The van der Waals surface area contributed by atoms with Gasteiger partial charge in [-0.1, -0.05) is 0 Å². The number of rotatable bonds is 6. The molecule has 108 valence electrons. The van der Waals surface area contributed by atoms with Gasteiger partial charge in [0.25, 0.3) is 0 Å². The first-order valence-electron chi connectivity index (χ1n) is 9.23. The summed E-state index contributed by atoms with van der Waals surface area (Å²) in [5.74, 6) is 3.62. The van der Waals surface area contributed by atoms with E-state index in [2.05, 4.69) is 0 Å². The van der Waals surface area contributed by atoms with Gasteiger partial charge in [-0.2, -0.15) is 0 Å². The van der Waals surface area contributed by atoms with Gasteiger partial charge in [-0.15, -0.1) is 0 Å². The molecular formula is C18H33Sn+. The third-order valence-electron chi connectivity index (χ3n) is 6.16. The normalized spacial score (nSPS) is 26.5. The molecule has 0 saturated heterocycles. The summed E-state index contributed by atoms with van der Waals surface area (Å²) in [6, 6.07) is 0. The van der Waals surface area contributed by atoms with Crippen molar-refractivity contribution >= 4 is 19.8 Å². The van der Waals surface area contributed by atoms with Gasteiger partial charge in [0.1, 0.15) is 0 Å². The van der Waals surface area contributed by atoms with Crippen molar-refractivity contribution in [2.75, 3.05) is 0 Å². The third-order valence-corrected chi connectivity index (χ3v) is 16.0. The van der Waals surface area contributed by atoms with Crippen LogP contribution in [0.2, 0.25) is 13.3 Å². The van der Waals surface area contributed by atoms with Crippen molar-refractivity contribution in [1.29, 1.82) is 0 Å². The molecule has 3 rings (SSSR count). The molecule has 1 heteroatoms. The molecule has 0 heterocycles. The van der Waals surface area contributed by atoms with E-state index in [9.17, 15) is 0 Å². The van der Waals surface area contributed by atoms with Crippen molar-refractivity contribution in [3.05, 3.63) is 0 Å². The van der Waals surface area contributed by atoms with Crippen LogP contribution in [0.5, 0.6) is 0 Å². The summed E-state index contributed by atoms with van der Waals surface area (Å²) < 4.78 is 5.40. The fourth-order valence-corrected chi connectivity index (χ4v) is 17.0. The van der Waals surface area contributed by atoms with Crippen molar-refractivity contribution in [1.82, 2.24) is 0 Å². The minimum absolute atomic E-state index is 1.02. The van der Waals surface area contributed by atoms with Crippen LogP contribution in [0.4, 0.5) is 0 Å². The zero-order valence-electron chi connectivity index (χ0n) is 12.8. The predicted octanol–water partition coefficient (Wildman–Crippen LogP) is 6.05. The maximum atomic E-state index is 1.80. The van der Waals surface area contributed by atoms with E-state index in [-0.39, 0.29) is 0 Å². The maximum absolute atomic E-state index is 1.80. The second-order valence-corrected chi connectivity index (χ2v) is 15.6. The molecule has 3 aliphatic rings. The molecule has 0 aromatic rings. The van der Waals surface area contributed by atoms with Gasteiger partial charge in [0.05, 0.1) is 0 Å². The molecule has 19 heavy (non-hydrogen) atoms. The van der Waals surface area contributed by atoms with Gasteiger partial charge in [0.15, 0.2) is 0 Å². The number of hydrogen-bond acceptors (Lipinski definition) is 0. The molecular weight excluding hydrogens is 335 g/mol. The van der Waals surface area contributed by atoms with Crippen molar-refractivity contribution in [3.63, 3.8) is 0 Å². The van der Waals surface area contributed by atoms with Crippen LogP contribution in [-0.2, 0) is 0 Å². The Morgan fingerprint density at radius 2 is 0.737 bits per heavy atom. The summed E-state index contributed by atoms with van der Waals surface area (Å²) in [6.07, 6.45) is 19.0. The average molecular weight is 368 g/mol. The van der Waals surface area contributed by atoms with E-state index in [1.807, 2.05) is 0 Å². The number of hydrogen-bond donors (Lipinski definition) is 0. The summed E-state index contributed by atoms with van der Waals surface area (Å²) in [6.45, 7) is 0. The summed E-state index contributed by atoms with van der Waals surface area (Å²) in [5.41, 5.74) is 0. The van der Waals surface area contributed by atoms with E-state index in [0.29, 0.717) is 0 Å². The van der Waals surface area contributed by atoms with Gasteiger partial charge < -0.3 is 0 Å². The van der Waals surface area contributed by atoms with E-state index in [1.165, 1.54) is 17.8 Å². The first kappa shape index (κ1) is 14.7. The Morgan fingerprint density at radius 3 is 1.00 bits per heavy atom. The Bertz CT molecular complexity index is 202. The van der Waals surface area contributed by atoms with Crippen molar-refractivity contribution in [3.8, 4) is 0 Å². The topological polar surface area (TPSA) is 0 Å². The Kier molecular flexibility index (Phi) is 5.97. The van der Waals surface area contributed by atoms with E-state index >= 15 is 0 Å². The summed E-state index contributed by atoms with van der Waals surface area (Å²) in [5, 5.41) is 0. The van der Waals surface area contributed by atoms with Gasteiger partial charge in [0, 0.05) is 0 Å². The SMILES string of the molecule is C1CCC([CH2][Sn+]([CH2]C2CCCC2)[CH2]C2CCCC2)C1. The quantitative estimate of drug-likeness (QED) is 0.501. The van der Waals surface area contributed by atoms with Crippen molar-refractivity contribution < 1.29 is 0 Å². The molecule has 0 spiro atoms. The Hall–Kier alpha value is 0.799. The van der Waals surface area contributed by atoms with Gasteiger partial charge in [-0.25, -0.2) is 0 Å². The second-order valence-electron chi connectivity index (χ2n) is 7.81. The van der Waals surface area contributed by atoms with Crippen molar-refractivity contribution in [2.45, 2.75) is 90.4 Å². The van der Waals surface area contributed by atoms with Gasteiger partial charge >= 0.3 is 128 Å². The van der Waals surface area contributed by atoms with Crippen LogP contribution in [0.25, 0.3) is 0 Å². The van der Waals surface area contributed by atoms with E-state index < -0.39 is 19.8 Å². The Labute approximate surface area is 127 Å². The average Bonchev–Trinajstić information content (AvgIpc) is 3.10. The summed E-state index contributed by atoms with van der Waals surface area (Å²) in [7, 11) is 0. The monoisotopic (exact) mass is 369 g/mol. The van der Waals surface area contributed by atoms with E-state index in [0.717, 1.165) is 0 Å². The van der Waals surface area contributed by atoms with Crippen LogP contribution in [0.3, 0.4) is 0 Å². The second kappa shape index (κ2) is 7.71. The van der Waals surface area contributed by atoms with E-state index in [4.69, 9.17) is 0 Å². The molecule has 0 radical (unpaired) electrons. The summed E-state index contributed by atoms with van der Waals surface area (Å²) >= 11 is -1.02. The predicted molar refractivity (Wildman–Crippen MR) is 86.0 cm³/mol. The molecule has 0 aliphatic heterocycles. The van der Waals surface area contributed by atoms with Gasteiger partial charge in [-0.05, 0) is 0 Å². The van der Waals surface area contributed by atoms with Crippen LogP contribution >= 0.6 is 0 Å². The molecule has 0 aromatic heterocycles. The molecule has 0 N–H and O–H groups in total. The van der Waals surface area contributed by atoms with Gasteiger partial charge in [-0.3, -0.25) is 0 Å². The molecule has 3 saturated carbocycles. The molecule has 3 fully saturated rings. The Balaban J connectivity index is 1.49. The summed E-state index contributed by atoms with van der Waals surface area (Å²) in [4.78, 5) is 0. The zero-order chi connectivity index (χ0) is 12.9. The molecule has 0 aromatic carbocycles. The van der Waals surface area contributed by atoms with Crippen LogP contribution in [0.1, 0.15) is 77.0 Å². The van der Waals surface area contributed by atoms with Gasteiger partial charge in [0.2, 0.25) is 0 Å². The first-order valence-corrected chi connectivity index (χ1v) is 15.3. The molecule has 0 bridgehead atoms. The fraction of sp³-hybridized carbons (Fsp3) is 1.00. The first-order chi connectivity index (χ1) is 9.40. The standard InChI is InChI=1S/3C6H11.Sn/c3*1-6-4-2-3-5-6;/h3*6H,1-5H2;/q;;;+1. The molecule has 0 nitrogen and oxygen atoms in total. The van der Waals surface area contributed by atoms with Crippen LogP contribution in [0.15, 0.2) is 0 Å². The molecule has 0 atom stereocenters. The molecule has 3 aliphatic carbocycles.